The van der Waals surface area contributed by atoms with Gasteiger partial charge in [0.15, 0.2) is 0 Å². The Labute approximate surface area is 170 Å². The fraction of sp³-hybridized carbons (Fsp3) is 0.316. The zero-order valence-corrected chi connectivity index (χ0v) is 17.9. The summed E-state index contributed by atoms with van der Waals surface area (Å²) in [5.41, 5.74) is 2.61. The van der Waals surface area contributed by atoms with Crippen molar-refractivity contribution in [3.63, 3.8) is 0 Å². The van der Waals surface area contributed by atoms with Crippen LogP contribution in [0.25, 0.3) is 0 Å². The summed E-state index contributed by atoms with van der Waals surface area (Å²) in [4.78, 5) is 12.9. The summed E-state index contributed by atoms with van der Waals surface area (Å²) in [6.45, 7) is 5.51. The van der Waals surface area contributed by atoms with Crippen molar-refractivity contribution in [1.29, 1.82) is 0 Å². The molecule has 0 aliphatic rings. The number of nitrogens with one attached hydrogen (secondary N) is 1. The molecule has 27 heavy (non-hydrogen) atoms. The van der Waals surface area contributed by atoms with Crippen molar-refractivity contribution in [2.45, 2.75) is 33.2 Å². The van der Waals surface area contributed by atoms with Gasteiger partial charge in [0.25, 0.3) is 0 Å². The summed E-state index contributed by atoms with van der Waals surface area (Å²) in [5.74, 6) is -0.480. The molecule has 0 spiro atoms. The molecule has 0 radical (unpaired) electrons. The van der Waals surface area contributed by atoms with Gasteiger partial charge in [-0.1, -0.05) is 36.2 Å². The summed E-state index contributed by atoms with van der Waals surface area (Å²) in [6, 6.07) is 9.20. The van der Waals surface area contributed by atoms with Crippen molar-refractivity contribution in [2.75, 3.05) is 15.9 Å². The molecule has 146 valence electrons. The van der Waals surface area contributed by atoms with E-state index in [-0.39, 0.29) is 6.42 Å². The lowest BCUT2D eigenvalue weighted by Gasteiger charge is -2.30. The first-order valence-corrected chi connectivity index (χ1v) is 11.0. The average molecular weight is 429 g/mol. The van der Waals surface area contributed by atoms with Gasteiger partial charge in [0, 0.05) is 5.02 Å². The SMILES string of the molecule is CCC(C(=O)Nc1cc(Cl)ccc1Cl)N(c1cc(C)cc(C)c1)S(C)(=O)=O. The van der Waals surface area contributed by atoms with Crippen LogP contribution >= 0.6 is 23.2 Å². The van der Waals surface area contributed by atoms with Crippen LogP contribution in [0.3, 0.4) is 0 Å². The smallest absolute Gasteiger partial charge is 0.248 e. The van der Waals surface area contributed by atoms with Crippen LogP contribution in [0.15, 0.2) is 36.4 Å². The molecule has 0 aliphatic heterocycles. The lowest BCUT2D eigenvalue weighted by molar-refractivity contribution is -0.117. The molecule has 0 saturated heterocycles. The monoisotopic (exact) mass is 428 g/mol. The maximum Gasteiger partial charge on any atom is 0.248 e. The normalized spacial score (nSPS) is 12.5. The standard InChI is InChI=1S/C19H22Cl2N2O3S/c1-5-18(19(24)22-17-11-14(20)6-7-16(17)21)23(27(4,25)26)15-9-12(2)8-13(3)10-15/h6-11,18H,5H2,1-4H3,(H,22,24). The Hall–Kier alpha value is -1.76. The zero-order chi connectivity index (χ0) is 20.4. The lowest BCUT2D eigenvalue weighted by atomic mass is 10.1. The molecule has 1 atom stereocenters. The first-order valence-electron chi connectivity index (χ1n) is 8.36. The number of sulfonamides is 1. The third kappa shape index (κ3) is 5.37. The van der Waals surface area contributed by atoms with Gasteiger partial charge in [0.05, 0.1) is 22.7 Å². The van der Waals surface area contributed by atoms with Crippen molar-refractivity contribution < 1.29 is 13.2 Å². The Morgan fingerprint density at radius 1 is 1.11 bits per heavy atom. The number of anilines is 2. The van der Waals surface area contributed by atoms with Crippen molar-refractivity contribution in [3.8, 4) is 0 Å². The van der Waals surface area contributed by atoms with Crippen molar-refractivity contribution in [2.24, 2.45) is 0 Å². The van der Waals surface area contributed by atoms with Crippen LogP contribution in [0.4, 0.5) is 11.4 Å². The molecule has 5 nitrogen and oxygen atoms in total. The number of nitrogens with zero attached hydrogens (tertiary/aromatic N) is 1. The van der Waals surface area contributed by atoms with Crippen LogP contribution in [0.1, 0.15) is 24.5 Å². The first-order chi connectivity index (χ1) is 12.5. The van der Waals surface area contributed by atoms with Crippen molar-refractivity contribution >= 4 is 50.5 Å². The maximum absolute atomic E-state index is 12.9. The average Bonchev–Trinajstić information content (AvgIpc) is 2.53. The minimum Gasteiger partial charge on any atom is -0.323 e. The van der Waals surface area contributed by atoms with Crippen LogP contribution in [-0.2, 0) is 14.8 Å². The highest BCUT2D eigenvalue weighted by atomic mass is 35.5. The predicted octanol–water partition coefficient (Wildman–Crippen LogP) is 4.79. The molecule has 0 aliphatic carbocycles. The Morgan fingerprint density at radius 3 is 2.22 bits per heavy atom. The number of amides is 1. The van der Waals surface area contributed by atoms with Gasteiger partial charge in [-0.15, -0.1) is 0 Å². The minimum atomic E-state index is -3.70. The molecule has 2 aromatic rings. The Morgan fingerprint density at radius 2 is 1.70 bits per heavy atom. The number of carbonyl (C=O) groups is 1. The van der Waals surface area contributed by atoms with E-state index in [1.807, 2.05) is 19.9 Å². The third-order valence-corrected chi connectivity index (χ3v) is 5.72. The molecule has 0 heterocycles. The van der Waals surface area contributed by atoms with Gasteiger partial charge < -0.3 is 5.32 Å². The van der Waals surface area contributed by atoms with E-state index in [0.717, 1.165) is 21.7 Å². The van der Waals surface area contributed by atoms with Crippen LogP contribution < -0.4 is 9.62 Å². The van der Waals surface area contributed by atoms with Crippen molar-refractivity contribution in [3.05, 3.63) is 57.6 Å². The van der Waals surface area contributed by atoms with Crippen LogP contribution in [0.2, 0.25) is 10.0 Å². The number of halogens is 2. The molecule has 2 aromatic carbocycles. The second kappa shape index (κ2) is 8.50. The molecule has 8 heteroatoms. The summed E-state index contributed by atoms with van der Waals surface area (Å²) < 4.78 is 26.2. The molecule has 1 N–H and O–H groups in total. The van der Waals surface area contributed by atoms with E-state index in [4.69, 9.17) is 23.2 Å². The molecule has 0 saturated carbocycles. The number of hydrogen-bond acceptors (Lipinski definition) is 3. The van der Waals surface area contributed by atoms with Gasteiger partial charge in [-0.2, -0.15) is 0 Å². The van der Waals surface area contributed by atoms with Gasteiger partial charge in [-0.3, -0.25) is 9.10 Å². The van der Waals surface area contributed by atoms with E-state index >= 15 is 0 Å². The highest BCUT2D eigenvalue weighted by Crippen LogP contribution is 2.28. The van der Waals surface area contributed by atoms with Gasteiger partial charge in [0.1, 0.15) is 6.04 Å². The minimum absolute atomic E-state index is 0.282. The highest BCUT2D eigenvalue weighted by Gasteiger charge is 2.32. The van der Waals surface area contributed by atoms with Crippen molar-refractivity contribution in [1.82, 2.24) is 0 Å². The molecular formula is C19H22Cl2N2O3S. The zero-order valence-electron chi connectivity index (χ0n) is 15.6. The molecular weight excluding hydrogens is 407 g/mol. The topological polar surface area (TPSA) is 66.5 Å². The summed E-state index contributed by atoms with van der Waals surface area (Å²) in [7, 11) is -3.70. The summed E-state index contributed by atoms with van der Waals surface area (Å²) in [6.07, 6.45) is 1.37. The maximum atomic E-state index is 12.9. The quantitative estimate of drug-likeness (QED) is 0.718. The largest absolute Gasteiger partial charge is 0.323 e. The van der Waals surface area contributed by atoms with E-state index in [9.17, 15) is 13.2 Å². The second-order valence-electron chi connectivity index (χ2n) is 6.44. The fourth-order valence-corrected chi connectivity index (χ4v) is 4.48. The highest BCUT2D eigenvalue weighted by molar-refractivity contribution is 7.92. The molecule has 2 rings (SSSR count). The Balaban J connectivity index is 2.46. The van der Waals surface area contributed by atoms with Crippen LogP contribution in [0.5, 0.6) is 0 Å². The van der Waals surface area contributed by atoms with E-state index in [2.05, 4.69) is 5.32 Å². The molecule has 1 unspecified atom stereocenters. The third-order valence-electron chi connectivity index (χ3n) is 3.98. The number of benzene rings is 2. The Kier molecular flexibility index (Phi) is 6.78. The van der Waals surface area contributed by atoms with Gasteiger partial charge in [-0.25, -0.2) is 8.42 Å². The number of hydrogen-bond donors (Lipinski definition) is 1. The van der Waals surface area contributed by atoms with E-state index in [1.165, 1.54) is 6.07 Å². The second-order valence-corrected chi connectivity index (χ2v) is 9.15. The van der Waals surface area contributed by atoms with Crippen LogP contribution in [-0.4, -0.2) is 26.6 Å². The molecule has 0 bridgehead atoms. The van der Waals surface area contributed by atoms with Gasteiger partial charge in [-0.05, 0) is 61.7 Å². The molecule has 0 aromatic heterocycles. The number of carbonyl (C=O) groups excluding carboxylic acids is 1. The van der Waals surface area contributed by atoms with Gasteiger partial charge in [0.2, 0.25) is 15.9 Å². The molecule has 1 amide bonds. The van der Waals surface area contributed by atoms with E-state index in [1.54, 1.807) is 31.2 Å². The summed E-state index contributed by atoms with van der Waals surface area (Å²) >= 11 is 12.1. The number of rotatable bonds is 6. The number of aryl methyl sites for hydroxylation is 2. The lowest BCUT2D eigenvalue weighted by Crippen LogP contribution is -2.47. The molecule has 0 fully saturated rings. The van der Waals surface area contributed by atoms with Crippen LogP contribution in [0, 0.1) is 13.8 Å². The Bertz CT molecular complexity index is 941. The fourth-order valence-electron chi connectivity index (χ4n) is 2.95. The first kappa shape index (κ1) is 21.5. The van der Waals surface area contributed by atoms with E-state index in [0.29, 0.717) is 21.4 Å². The van der Waals surface area contributed by atoms with Gasteiger partial charge >= 0.3 is 0 Å². The van der Waals surface area contributed by atoms with E-state index < -0.39 is 22.0 Å². The summed E-state index contributed by atoms with van der Waals surface area (Å²) in [5, 5.41) is 3.43. The predicted molar refractivity (Wildman–Crippen MR) is 112 cm³/mol.